The van der Waals surface area contributed by atoms with Crippen LogP contribution in [-0.2, 0) is 19.0 Å². The molecule has 0 unspecified atom stereocenters. The molecule has 4 rings (SSSR count). The van der Waals surface area contributed by atoms with Crippen LogP contribution in [0.5, 0.6) is 0 Å². The van der Waals surface area contributed by atoms with E-state index in [1.165, 1.54) is 48.0 Å². The van der Waals surface area contributed by atoms with Crippen LogP contribution in [0.25, 0.3) is 0 Å². The van der Waals surface area contributed by atoms with Crippen molar-refractivity contribution < 1.29 is 44.2 Å². The number of hydrogen-bond acceptors (Lipinski definition) is 13. The van der Waals surface area contributed by atoms with Crippen molar-refractivity contribution in [3.05, 3.63) is 52.6 Å². The number of rotatable bonds is 9. The van der Waals surface area contributed by atoms with Crippen LogP contribution in [0, 0.1) is 0 Å². The molecule has 16 heteroatoms. The topological polar surface area (TPSA) is 231 Å². The van der Waals surface area contributed by atoms with Gasteiger partial charge in [-0.25, -0.2) is 4.79 Å². The molecule has 3 heterocycles. The van der Waals surface area contributed by atoms with Gasteiger partial charge in [-0.05, 0) is 65.2 Å². The molecular weight excluding hydrogens is 592 g/mol. The number of nitrogens with zero attached hydrogens (tertiary/aromatic N) is 3. The van der Waals surface area contributed by atoms with E-state index >= 15 is 0 Å². The van der Waals surface area contributed by atoms with E-state index in [1.54, 1.807) is 32.8 Å². The molecule has 8 N–H and O–H groups in total. The summed E-state index contributed by atoms with van der Waals surface area (Å²) in [5, 5.41) is 46.5. The monoisotopic (exact) mass is 634 g/mol. The highest BCUT2D eigenvalue weighted by Crippen LogP contribution is 2.32. The van der Waals surface area contributed by atoms with E-state index in [1.807, 2.05) is 0 Å². The maximum Gasteiger partial charge on any atom is 0.351 e. The summed E-state index contributed by atoms with van der Waals surface area (Å²) < 4.78 is 18.9. The third kappa shape index (κ3) is 7.74. The molecule has 248 valence electrons. The Morgan fingerprint density at radius 1 is 1.09 bits per heavy atom. The molecular formula is C29H42N6O10. The van der Waals surface area contributed by atoms with E-state index < -0.39 is 84.8 Å². The minimum atomic E-state index is -1.47. The predicted molar refractivity (Wildman–Crippen MR) is 160 cm³/mol. The average molecular weight is 635 g/mol. The number of nitrogens with one attached hydrogen (secondary N) is 2. The normalized spacial score (nSPS) is 31.7. The number of aliphatic hydroxyl groups is 4. The summed E-state index contributed by atoms with van der Waals surface area (Å²) in [6.07, 6.45) is -6.52. The van der Waals surface area contributed by atoms with Gasteiger partial charge >= 0.3 is 5.69 Å². The van der Waals surface area contributed by atoms with Crippen LogP contribution < -0.4 is 22.1 Å². The lowest BCUT2D eigenvalue weighted by molar-refractivity contribution is -0.322. The number of anilines is 2. The number of carbonyl (C=O) groups is 2. The van der Waals surface area contributed by atoms with Gasteiger partial charge in [0, 0.05) is 23.9 Å². The first-order valence-electron chi connectivity index (χ1n) is 14.5. The second-order valence-corrected chi connectivity index (χ2v) is 11.9. The maximum absolute atomic E-state index is 12.9. The summed E-state index contributed by atoms with van der Waals surface area (Å²) in [6, 6.07) is 6.83. The minimum Gasteiger partial charge on any atom is -0.394 e. The Bertz CT molecular complexity index is 1390. The van der Waals surface area contributed by atoms with Gasteiger partial charge in [0.15, 0.2) is 6.29 Å². The van der Waals surface area contributed by atoms with Crippen molar-refractivity contribution in [3.8, 4) is 0 Å². The minimum absolute atomic E-state index is 0.0155. The summed E-state index contributed by atoms with van der Waals surface area (Å²) in [5.74, 6) is -1.17. The third-order valence-corrected chi connectivity index (χ3v) is 7.99. The van der Waals surface area contributed by atoms with Gasteiger partial charge in [0.05, 0.1) is 31.0 Å². The maximum atomic E-state index is 12.9. The number of ether oxygens (including phenoxy) is 3. The molecule has 2 amide bonds. The smallest absolute Gasteiger partial charge is 0.351 e. The first-order valence-corrected chi connectivity index (χ1v) is 14.5. The Morgan fingerprint density at radius 3 is 2.33 bits per heavy atom. The Kier molecular flexibility index (Phi) is 10.7. The van der Waals surface area contributed by atoms with Gasteiger partial charge in [-0.1, -0.05) is 0 Å². The number of carbonyl (C=O) groups excluding carboxylic acids is 2. The first kappa shape index (κ1) is 34.6. The van der Waals surface area contributed by atoms with Crippen LogP contribution in [0.15, 0.2) is 41.3 Å². The number of aliphatic hydroxyl groups excluding tert-OH is 4. The number of hydrogen-bond donors (Lipinski definition) is 7. The van der Waals surface area contributed by atoms with Crippen molar-refractivity contribution in [2.24, 2.45) is 5.73 Å². The summed E-state index contributed by atoms with van der Waals surface area (Å²) in [4.78, 5) is 43.4. The summed E-state index contributed by atoms with van der Waals surface area (Å²) in [5.41, 5.74) is 4.10. The van der Waals surface area contributed by atoms with Crippen molar-refractivity contribution in [2.75, 3.05) is 31.3 Å². The lowest BCUT2D eigenvalue weighted by atomic mass is 9.95. The number of likely N-dealkylation sites (N-methyl/N-ethyl adjacent to an activating group) is 1. The Hall–Kier alpha value is -3.32. The van der Waals surface area contributed by atoms with Gasteiger partial charge in [-0.15, -0.1) is 0 Å². The molecule has 45 heavy (non-hydrogen) atoms. The van der Waals surface area contributed by atoms with Crippen LogP contribution in [0.2, 0.25) is 0 Å². The number of aromatic nitrogens is 2. The lowest BCUT2D eigenvalue weighted by Crippen LogP contribution is -2.63. The fourth-order valence-electron chi connectivity index (χ4n) is 5.36. The molecule has 2 aliphatic rings. The van der Waals surface area contributed by atoms with E-state index in [4.69, 9.17) is 19.9 Å². The number of amides is 2. The molecule has 1 aromatic heterocycles. The Labute approximate surface area is 259 Å². The van der Waals surface area contributed by atoms with Gasteiger partial charge in [0.25, 0.3) is 5.91 Å². The molecule has 2 fully saturated rings. The van der Waals surface area contributed by atoms with E-state index in [2.05, 4.69) is 15.6 Å². The van der Waals surface area contributed by atoms with Crippen molar-refractivity contribution in [3.63, 3.8) is 0 Å². The summed E-state index contributed by atoms with van der Waals surface area (Å²) in [7, 11) is 3.53. The number of benzene rings is 1. The van der Waals surface area contributed by atoms with Crippen LogP contribution in [0.3, 0.4) is 0 Å². The van der Waals surface area contributed by atoms with Crippen LogP contribution in [0.4, 0.5) is 11.5 Å². The molecule has 1 aromatic carbocycles. The first-order chi connectivity index (χ1) is 21.1. The van der Waals surface area contributed by atoms with Crippen LogP contribution in [-0.4, -0.2) is 122 Å². The lowest BCUT2D eigenvalue weighted by Gasteiger charge is -2.46. The van der Waals surface area contributed by atoms with Gasteiger partial charge in [0.1, 0.15) is 35.9 Å². The SMILES string of the molecule is C[C@H]1O[C@@H](n2ccc(NC(=O)c3ccc(NC(=O)[C@@](C)(N)CO)cc3)nc2=O)C[C@@H](O)[C@@H]1O[C@H]1O[C@H](C)[C@@H](N(C)C)[C@H](O)[C@H]1O. The molecule has 0 bridgehead atoms. The van der Waals surface area contributed by atoms with Crippen molar-refractivity contribution >= 4 is 23.3 Å². The van der Waals surface area contributed by atoms with E-state index in [0.29, 0.717) is 5.69 Å². The van der Waals surface area contributed by atoms with Crippen LogP contribution in [0.1, 0.15) is 43.8 Å². The predicted octanol–water partition coefficient (Wildman–Crippen LogP) is -1.41. The van der Waals surface area contributed by atoms with E-state index in [9.17, 15) is 34.8 Å². The standard InChI is InChI=1S/C29H42N6O10/c1-14-21(34(4)5)22(38)23(39)26(44-14)45-24-15(2)43-20(12-18(24)37)35-11-10-19(33-28(35)42)32-25(40)16-6-8-17(9-7-16)31-27(41)29(3,30)13-36/h6-11,14-15,18,20-24,26,36-39H,12-13,30H2,1-5H3,(H,31,41)(H,32,33,40,42)/t14-,15-,18-,20-,21-,22+,23-,24-,26-,29+/m1/s1. The molecule has 16 nitrogen and oxygen atoms in total. The van der Waals surface area contributed by atoms with Crippen LogP contribution >= 0.6 is 0 Å². The van der Waals surface area contributed by atoms with Gasteiger partial charge in [-0.2, -0.15) is 4.98 Å². The molecule has 2 aliphatic heterocycles. The second kappa shape index (κ2) is 14.0. The molecule has 2 saturated heterocycles. The highest BCUT2D eigenvalue weighted by atomic mass is 16.7. The molecule has 10 atom stereocenters. The zero-order valence-corrected chi connectivity index (χ0v) is 25.7. The zero-order valence-electron chi connectivity index (χ0n) is 25.7. The summed E-state index contributed by atoms with van der Waals surface area (Å²) in [6.45, 7) is 4.23. The molecule has 0 spiro atoms. The Morgan fingerprint density at radius 2 is 1.76 bits per heavy atom. The second-order valence-electron chi connectivity index (χ2n) is 11.9. The molecule has 0 aliphatic carbocycles. The molecule has 0 saturated carbocycles. The third-order valence-electron chi connectivity index (χ3n) is 7.99. The van der Waals surface area contributed by atoms with E-state index in [0.717, 1.165) is 0 Å². The van der Waals surface area contributed by atoms with Crippen molar-refractivity contribution in [1.29, 1.82) is 0 Å². The zero-order chi connectivity index (χ0) is 33.2. The average Bonchev–Trinajstić information content (AvgIpc) is 2.97. The van der Waals surface area contributed by atoms with Crippen molar-refractivity contribution in [1.82, 2.24) is 14.5 Å². The Balaban J connectivity index is 1.36. The van der Waals surface area contributed by atoms with Crippen molar-refractivity contribution in [2.45, 2.75) is 87.9 Å². The largest absolute Gasteiger partial charge is 0.394 e. The van der Waals surface area contributed by atoms with Gasteiger partial charge in [-0.3, -0.25) is 14.2 Å². The summed E-state index contributed by atoms with van der Waals surface area (Å²) >= 11 is 0. The fraction of sp³-hybridized carbons (Fsp3) is 0.586. The highest BCUT2D eigenvalue weighted by molar-refractivity contribution is 6.04. The van der Waals surface area contributed by atoms with Gasteiger partial charge in [0.2, 0.25) is 5.91 Å². The highest BCUT2D eigenvalue weighted by Gasteiger charge is 2.47. The quantitative estimate of drug-likeness (QED) is 0.168. The van der Waals surface area contributed by atoms with E-state index in [-0.39, 0.29) is 17.8 Å². The molecule has 2 aromatic rings. The van der Waals surface area contributed by atoms with Gasteiger partial charge < -0.3 is 55.9 Å². The molecule has 0 radical (unpaired) electrons. The number of nitrogens with two attached hydrogens (primary N) is 1. The fourth-order valence-corrected chi connectivity index (χ4v) is 5.36.